The number of rotatable bonds is 6. The maximum Gasteiger partial charge on any atom is 0.324 e. The Morgan fingerprint density at radius 3 is 2.95 bits per heavy atom. The van der Waals surface area contributed by atoms with Gasteiger partial charge in [-0.3, -0.25) is 9.69 Å². The van der Waals surface area contributed by atoms with Crippen molar-refractivity contribution in [3.05, 3.63) is 0 Å². The SMILES string of the molecule is CCNC(CN1CCOC2CCCCC21)C(=O)OCC. The standard InChI is InChI=1S/C15H28N2O3/c1-3-16-12(15(18)19-4-2)11-17-9-10-20-14-8-6-5-7-13(14)17/h12-14,16H,3-11H2,1-2H3. The molecule has 1 aliphatic carbocycles. The number of fused-ring (bicyclic) bond motifs is 1. The maximum absolute atomic E-state index is 12.0. The summed E-state index contributed by atoms with van der Waals surface area (Å²) in [7, 11) is 0. The van der Waals surface area contributed by atoms with Crippen LogP contribution in [0, 0.1) is 0 Å². The molecule has 3 atom stereocenters. The molecule has 1 saturated heterocycles. The highest BCUT2D eigenvalue weighted by atomic mass is 16.5. The summed E-state index contributed by atoms with van der Waals surface area (Å²) < 4.78 is 11.1. The topological polar surface area (TPSA) is 50.8 Å². The van der Waals surface area contributed by atoms with Gasteiger partial charge in [0.1, 0.15) is 6.04 Å². The molecule has 5 heteroatoms. The number of hydrogen-bond donors (Lipinski definition) is 1. The first-order valence-electron chi connectivity index (χ1n) is 8.02. The molecule has 116 valence electrons. The predicted molar refractivity (Wildman–Crippen MR) is 77.7 cm³/mol. The van der Waals surface area contributed by atoms with Crippen molar-refractivity contribution in [3.63, 3.8) is 0 Å². The number of nitrogens with one attached hydrogen (secondary N) is 1. The van der Waals surface area contributed by atoms with Crippen LogP contribution in [0.5, 0.6) is 0 Å². The van der Waals surface area contributed by atoms with E-state index in [1.807, 2.05) is 13.8 Å². The van der Waals surface area contributed by atoms with Crippen molar-refractivity contribution < 1.29 is 14.3 Å². The number of carbonyl (C=O) groups excluding carboxylic acids is 1. The molecular weight excluding hydrogens is 256 g/mol. The van der Waals surface area contributed by atoms with Gasteiger partial charge in [-0.1, -0.05) is 19.8 Å². The summed E-state index contributed by atoms with van der Waals surface area (Å²) in [6.45, 7) is 7.53. The molecule has 0 bridgehead atoms. The second-order valence-electron chi connectivity index (χ2n) is 5.62. The van der Waals surface area contributed by atoms with E-state index in [0.29, 0.717) is 18.8 Å². The minimum absolute atomic E-state index is 0.131. The van der Waals surface area contributed by atoms with E-state index in [2.05, 4.69) is 10.2 Å². The van der Waals surface area contributed by atoms with Crippen LogP contribution in [0.2, 0.25) is 0 Å². The van der Waals surface area contributed by atoms with Crippen LogP contribution in [0.4, 0.5) is 0 Å². The molecule has 5 nitrogen and oxygen atoms in total. The Hall–Kier alpha value is -0.650. The van der Waals surface area contributed by atoms with Crippen molar-refractivity contribution in [1.29, 1.82) is 0 Å². The average molecular weight is 284 g/mol. The Balaban J connectivity index is 1.95. The molecule has 2 rings (SSSR count). The number of ether oxygens (including phenoxy) is 2. The summed E-state index contributed by atoms with van der Waals surface area (Å²) >= 11 is 0. The van der Waals surface area contributed by atoms with Gasteiger partial charge < -0.3 is 14.8 Å². The summed E-state index contributed by atoms with van der Waals surface area (Å²) in [5.41, 5.74) is 0. The van der Waals surface area contributed by atoms with E-state index in [-0.39, 0.29) is 12.0 Å². The predicted octanol–water partition coefficient (Wildman–Crippen LogP) is 1.17. The molecule has 2 aliphatic rings. The highest BCUT2D eigenvalue weighted by Gasteiger charge is 2.36. The van der Waals surface area contributed by atoms with Gasteiger partial charge in [0.25, 0.3) is 0 Å². The van der Waals surface area contributed by atoms with Crippen molar-refractivity contribution >= 4 is 5.97 Å². The summed E-state index contributed by atoms with van der Waals surface area (Å²) in [6.07, 6.45) is 5.25. The largest absolute Gasteiger partial charge is 0.465 e. The molecule has 0 spiro atoms. The van der Waals surface area contributed by atoms with Crippen molar-refractivity contribution in [2.24, 2.45) is 0 Å². The molecule has 0 amide bonds. The molecule has 1 saturated carbocycles. The van der Waals surface area contributed by atoms with E-state index in [0.717, 1.165) is 32.7 Å². The minimum atomic E-state index is -0.222. The number of esters is 1. The van der Waals surface area contributed by atoms with Gasteiger partial charge in [-0.25, -0.2) is 0 Å². The first-order valence-corrected chi connectivity index (χ1v) is 8.02. The van der Waals surface area contributed by atoms with Gasteiger partial charge in [0.05, 0.1) is 19.3 Å². The molecule has 20 heavy (non-hydrogen) atoms. The van der Waals surface area contributed by atoms with E-state index in [9.17, 15) is 4.79 Å². The van der Waals surface area contributed by atoms with Gasteiger partial charge in [0.2, 0.25) is 0 Å². The first kappa shape index (κ1) is 15.7. The third-order valence-electron chi connectivity index (χ3n) is 4.29. The molecule has 2 fully saturated rings. The molecule has 0 aromatic rings. The average Bonchev–Trinajstić information content (AvgIpc) is 2.47. The summed E-state index contributed by atoms with van der Waals surface area (Å²) in [5.74, 6) is -0.131. The number of likely N-dealkylation sites (N-methyl/N-ethyl adjacent to an activating group) is 1. The zero-order chi connectivity index (χ0) is 14.4. The molecule has 0 aromatic heterocycles. The Kier molecular flexibility index (Phi) is 6.26. The number of carbonyl (C=O) groups is 1. The zero-order valence-electron chi connectivity index (χ0n) is 12.8. The third-order valence-corrected chi connectivity index (χ3v) is 4.29. The molecule has 0 aromatic carbocycles. The lowest BCUT2D eigenvalue weighted by Gasteiger charge is -2.44. The smallest absolute Gasteiger partial charge is 0.324 e. The maximum atomic E-state index is 12.0. The molecule has 1 N–H and O–H groups in total. The Morgan fingerprint density at radius 1 is 1.40 bits per heavy atom. The second kappa shape index (κ2) is 7.96. The Labute approximate surface area is 122 Å². The van der Waals surface area contributed by atoms with Gasteiger partial charge in [0, 0.05) is 19.1 Å². The fraction of sp³-hybridized carbons (Fsp3) is 0.933. The molecular formula is C15H28N2O3. The molecule has 3 unspecified atom stereocenters. The van der Waals surface area contributed by atoms with Crippen LogP contribution in [0.1, 0.15) is 39.5 Å². The van der Waals surface area contributed by atoms with Crippen LogP contribution in [-0.2, 0) is 14.3 Å². The fourth-order valence-corrected chi connectivity index (χ4v) is 3.35. The quantitative estimate of drug-likeness (QED) is 0.742. The third kappa shape index (κ3) is 3.93. The van der Waals surface area contributed by atoms with E-state index in [1.165, 1.54) is 19.3 Å². The van der Waals surface area contributed by atoms with Crippen LogP contribution >= 0.6 is 0 Å². The molecule has 1 aliphatic heterocycles. The lowest BCUT2D eigenvalue weighted by molar-refractivity contribution is -0.148. The molecule has 0 radical (unpaired) electrons. The Bertz CT molecular complexity index is 309. The lowest BCUT2D eigenvalue weighted by atomic mass is 9.90. The lowest BCUT2D eigenvalue weighted by Crippen LogP contribution is -2.57. The van der Waals surface area contributed by atoms with Crippen molar-refractivity contribution in [1.82, 2.24) is 10.2 Å². The van der Waals surface area contributed by atoms with E-state index >= 15 is 0 Å². The van der Waals surface area contributed by atoms with Gasteiger partial charge in [-0.2, -0.15) is 0 Å². The highest BCUT2D eigenvalue weighted by Crippen LogP contribution is 2.28. The van der Waals surface area contributed by atoms with Crippen LogP contribution in [0.25, 0.3) is 0 Å². The van der Waals surface area contributed by atoms with Crippen LogP contribution < -0.4 is 5.32 Å². The van der Waals surface area contributed by atoms with E-state index in [4.69, 9.17) is 9.47 Å². The number of morpholine rings is 1. The van der Waals surface area contributed by atoms with Crippen molar-refractivity contribution in [3.8, 4) is 0 Å². The summed E-state index contributed by atoms with van der Waals surface area (Å²) in [5, 5.41) is 3.25. The van der Waals surface area contributed by atoms with Crippen LogP contribution in [0.3, 0.4) is 0 Å². The van der Waals surface area contributed by atoms with Gasteiger partial charge >= 0.3 is 5.97 Å². The van der Waals surface area contributed by atoms with E-state index in [1.54, 1.807) is 0 Å². The van der Waals surface area contributed by atoms with Gasteiger partial charge in [0.15, 0.2) is 0 Å². The highest BCUT2D eigenvalue weighted by molar-refractivity contribution is 5.76. The second-order valence-corrected chi connectivity index (χ2v) is 5.62. The summed E-state index contributed by atoms with van der Waals surface area (Å²) in [6, 6.07) is 0.258. The van der Waals surface area contributed by atoms with Crippen molar-refractivity contribution in [2.45, 2.75) is 57.7 Å². The van der Waals surface area contributed by atoms with Crippen molar-refractivity contribution in [2.75, 3.05) is 32.8 Å². The van der Waals surface area contributed by atoms with E-state index < -0.39 is 0 Å². The fourth-order valence-electron chi connectivity index (χ4n) is 3.35. The van der Waals surface area contributed by atoms with Gasteiger partial charge in [-0.05, 0) is 26.3 Å². The van der Waals surface area contributed by atoms with Gasteiger partial charge in [-0.15, -0.1) is 0 Å². The summed E-state index contributed by atoms with van der Waals surface area (Å²) in [4.78, 5) is 14.5. The van der Waals surface area contributed by atoms with Crippen LogP contribution in [-0.4, -0.2) is 61.9 Å². The monoisotopic (exact) mass is 284 g/mol. The van der Waals surface area contributed by atoms with Crippen LogP contribution in [0.15, 0.2) is 0 Å². The first-order chi connectivity index (χ1) is 9.76. The number of hydrogen-bond acceptors (Lipinski definition) is 5. The zero-order valence-corrected chi connectivity index (χ0v) is 12.8. The molecule has 1 heterocycles. The number of nitrogens with zero attached hydrogens (tertiary/aromatic N) is 1. The Morgan fingerprint density at radius 2 is 2.20 bits per heavy atom. The minimum Gasteiger partial charge on any atom is -0.465 e. The normalized spacial score (nSPS) is 28.7.